The van der Waals surface area contributed by atoms with Gasteiger partial charge in [-0.2, -0.15) is 0 Å². The molecule has 0 aliphatic carbocycles. The summed E-state index contributed by atoms with van der Waals surface area (Å²) in [6.07, 6.45) is 41.9. The summed E-state index contributed by atoms with van der Waals surface area (Å²) in [7, 11) is 0. The van der Waals surface area contributed by atoms with Crippen LogP contribution in [0.3, 0.4) is 0 Å². The smallest absolute Gasteiger partial charge is 0.322 e. The Labute approximate surface area is 291 Å². The number of amides is 1. The van der Waals surface area contributed by atoms with E-state index in [9.17, 15) is 14.4 Å². The van der Waals surface area contributed by atoms with Gasteiger partial charge in [-0.15, -0.1) is 0 Å². The minimum absolute atomic E-state index is 0.0185. The molecule has 1 atom stereocenters. The van der Waals surface area contributed by atoms with Crippen LogP contribution in [0.2, 0.25) is 0 Å². The fourth-order valence-corrected chi connectivity index (χ4v) is 6.16. The number of unbranched alkanes of at least 4 members (excludes halogenated alkanes) is 24. The van der Waals surface area contributed by atoms with Crippen LogP contribution in [-0.2, 0) is 19.1 Å². The van der Waals surface area contributed by atoms with Crippen LogP contribution in [0.4, 0.5) is 0 Å². The van der Waals surface area contributed by atoms with Gasteiger partial charge in [-0.25, -0.2) is 0 Å². The second kappa shape index (κ2) is 37.0. The van der Waals surface area contributed by atoms with Crippen molar-refractivity contribution < 1.29 is 24.2 Å². The largest absolute Gasteiger partial charge is 0.480 e. The van der Waals surface area contributed by atoms with E-state index in [2.05, 4.69) is 31.3 Å². The zero-order valence-corrected chi connectivity index (χ0v) is 31.1. The van der Waals surface area contributed by atoms with Gasteiger partial charge >= 0.3 is 11.9 Å². The lowest BCUT2D eigenvalue weighted by Crippen LogP contribution is -2.28. The lowest BCUT2D eigenvalue weighted by molar-refractivity contribution is -0.150. The molecule has 2 N–H and O–H groups in total. The van der Waals surface area contributed by atoms with Crippen LogP contribution >= 0.6 is 0 Å². The summed E-state index contributed by atoms with van der Waals surface area (Å²) in [5.41, 5.74) is 0. The van der Waals surface area contributed by atoms with Crippen LogP contribution in [0.5, 0.6) is 0 Å². The number of carboxylic acid groups (broad SMARTS) is 1. The van der Waals surface area contributed by atoms with E-state index in [0.29, 0.717) is 12.8 Å². The van der Waals surface area contributed by atoms with Crippen molar-refractivity contribution in [3.8, 4) is 0 Å². The molecule has 0 saturated carbocycles. The Kier molecular flexibility index (Phi) is 35.5. The molecule has 1 amide bonds. The summed E-state index contributed by atoms with van der Waals surface area (Å²) in [6.45, 7) is 4.22. The first kappa shape index (κ1) is 45.2. The number of hydrogen-bond acceptors (Lipinski definition) is 4. The zero-order valence-electron chi connectivity index (χ0n) is 31.1. The number of rotatable bonds is 37. The molecule has 47 heavy (non-hydrogen) atoms. The lowest BCUT2D eigenvalue weighted by Gasteiger charge is -2.18. The number of carbonyl (C=O) groups is 3. The minimum Gasteiger partial charge on any atom is -0.480 e. The quantitative estimate of drug-likeness (QED) is 0.0392. The summed E-state index contributed by atoms with van der Waals surface area (Å²) in [4.78, 5) is 34.9. The highest BCUT2D eigenvalue weighted by atomic mass is 16.5. The predicted molar refractivity (Wildman–Crippen MR) is 199 cm³/mol. The SMILES string of the molecule is CCCCCCCCCC/C=C\CCCCCC(CCCCCCCC(=O)NCC(=O)O)OC(=O)CCCCCCCCCCCC. The van der Waals surface area contributed by atoms with E-state index in [0.717, 1.165) is 70.6 Å². The highest BCUT2D eigenvalue weighted by Crippen LogP contribution is 2.18. The van der Waals surface area contributed by atoms with Crippen molar-refractivity contribution in [2.75, 3.05) is 6.54 Å². The molecule has 0 rings (SSSR count). The molecular formula is C41H77NO5. The Morgan fingerprint density at radius 3 is 1.38 bits per heavy atom. The van der Waals surface area contributed by atoms with E-state index in [1.807, 2.05) is 0 Å². The number of nitrogens with one attached hydrogen (secondary N) is 1. The Morgan fingerprint density at radius 2 is 0.915 bits per heavy atom. The van der Waals surface area contributed by atoms with Gasteiger partial charge in [-0.1, -0.05) is 154 Å². The van der Waals surface area contributed by atoms with Crippen molar-refractivity contribution in [3.63, 3.8) is 0 Å². The van der Waals surface area contributed by atoms with Crippen molar-refractivity contribution in [2.24, 2.45) is 0 Å². The molecule has 0 aliphatic heterocycles. The first-order chi connectivity index (χ1) is 23.0. The summed E-state index contributed by atoms with van der Waals surface area (Å²) < 4.78 is 6.00. The molecule has 6 heteroatoms. The van der Waals surface area contributed by atoms with Gasteiger partial charge in [0, 0.05) is 12.8 Å². The normalized spacial score (nSPS) is 12.0. The zero-order chi connectivity index (χ0) is 34.5. The molecule has 0 aliphatic rings. The molecule has 0 radical (unpaired) electrons. The van der Waals surface area contributed by atoms with Gasteiger partial charge < -0.3 is 15.2 Å². The number of aliphatic carboxylic acids is 1. The third-order valence-electron chi connectivity index (χ3n) is 9.19. The van der Waals surface area contributed by atoms with Crippen LogP contribution < -0.4 is 5.32 Å². The maximum atomic E-state index is 12.7. The standard InChI is InChI=1S/C41H77NO5/c1-3-5-7-9-11-13-15-16-17-18-19-20-22-25-29-33-38(34-30-26-24-27-31-35-39(43)42-37-40(44)45)47-41(46)36-32-28-23-21-14-12-10-8-6-4-2/h18-19,38H,3-17,20-37H2,1-2H3,(H,42,43)(H,44,45)/b19-18-. The third kappa shape index (κ3) is 36.8. The fraction of sp³-hybridized carbons (Fsp3) is 0.878. The number of esters is 1. The van der Waals surface area contributed by atoms with E-state index >= 15 is 0 Å². The van der Waals surface area contributed by atoms with Crippen LogP contribution in [0.15, 0.2) is 12.2 Å². The predicted octanol–water partition coefficient (Wildman–Crippen LogP) is 12.2. The van der Waals surface area contributed by atoms with E-state index < -0.39 is 5.97 Å². The van der Waals surface area contributed by atoms with Crippen molar-refractivity contribution >= 4 is 17.8 Å². The molecular weight excluding hydrogens is 586 g/mol. The van der Waals surface area contributed by atoms with Gasteiger partial charge in [-0.3, -0.25) is 14.4 Å². The Bertz CT molecular complexity index is 737. The fourth-order valence-electron chi connectivity index (χ4n) is 6.16. The third-order valence-corrected chi connectivity index (χ3v) is 9.19. The summed E-state index contributed by atoms with van der Waals surface area (Å²) in [6, 6.07) is 0. The molecule has 0 aromatic carbocycles. The monoisotopic (exact) mass is 664 g/mol. The molecule has 0 heterocycles. The van der Waals surface area contributed by atoms with E-state index in [4.69, 9.17) is 9.84 Å². The molecule has 0 spiro atoms. The van der Waals surface area contributed by atoms with E-state index in [-0.39, 0.29) is 24.5 Å². The molecule has 276 valence electrons. The van der Waals surface area contributed by atoms with E-state index in [1.54, 1.807) is 0 Å². The van der Waals surface area contributed by atoms with Crippen molar-refractivity contribution in [1.82, 2.24) is 5.32 Å². The summed E-state index contributed by atoms with van der Waals surface area (Å²) in [5, 5.41) is 11.1. The van der Waals surface area contributed by atoms with Gasteiger partial charge in [0.1, 0.15) is 12.6 Å². The van der Waals surface area contributed by atoms with Crippen molar-refractivity contribution in [3.05, 3.63) is 12.2 Å². The number of ether oxygens (including phenoxy) is 1. The molecule has 6 nitrogen and oxygen atoms in total. The molecule has 1 unspecified atom stereocenters. The molecule has 0 aromatic rings. The first-order valence-corrected chi connectivity index (χ1v) is 20.3. The summed E-state index contributed by atoms with van der Waals surface area (Å²) in [5.74, 6) is -1.23. The maximum absolute atomic E-state index is 12.7. The van der Waals surface area contributed by atoms with Crippen molar-refractivity contribution in [1.29, 1.82) is 0 Å². The summed E-state index contributed by atoms with van der Waals surface area (Å²) >= 11 is 0. The Balaban J connectivity index is 4.19. The van der Waals surface area contributed by atoms with Crippen LogP contribution in [-0.4, -0.2) is 35.6 Å². The number of allylic oxidation sites excluding steroid dienone is 2. The second-order valence-corrected chi connectivity index (χ2v) is 13.9. The molecule has 0 aromatic heterocycles. The van der Waals surface area contributed by atoms with Gasteiger partial charge in [0.05, 0.1) is 0 Å². The van der Waals surface area contributed by atoms with Gasteiger partial charge in [0.2, 0.25) is 5.91 Å². The lowest BCUT2D eigenvalue weighted by atomic mass is 10.0. The average molecular weight is 664 g/mol. The van der Waals surface area contributed by atoms with E-state index in [1.165, 1.54) is 122 Å². The molecule has 0 saturated heterocycles. The first-order valence-electron chi connectivity index (χ1n) is 20.3. The maximum Gasteiger partial charge on any atom is 0.322 e. The average Bonchev–Trinajstić information content (AvgIpc) is 3.05. The van der Waals surface area contributed by atoms with Gasteiger partial charge in [0.25, 0.3) is 0 Å². The van der Waals surface area contributed by atoms with Crippen molar-refractivity contribution in [2.45, 2.75) is 225 Å². The minimum atomic E-state index is -1.02. The van der Waals surface area contributed by atoms with Crippen LogP contribution in [0.25, 0.3) is 0 Å². The Morgan fingerprint density at radius 1 is 0.532 bits per heavy atom. The highest BCUT2D eigenvalue weighted by molar-refractivity contribution is 5.80. The van der Waals surface area contributed by atoms with Gasteiger partial charge in [0.15, 0.2) is 0 Å². The molecule has 0 bridgehead atoms. The Hall–Kier alpha value is -1.85. The topological polar surface area (TPSA) is 92.7 Å². The number of carboxylic acids is 1. The number of carbonyl (C=O) groups excluding carboxylic acids is 2. The number of hydrogen-bond donors (Lipinski definition) is 2. The molecule has 0 fully saturated rings. The highest BCUT2D eigenvalue weighted by Gasteiger charge is 2.14. The van der Waals surface area contributed by atoms with Crippen LogP contribution in [0.1, 0.15) is 219 Å². The van der Waals surface area contributed by atoms with Crippen LogP contribution in [0, 0.1) is 0 Å². The van der Waals surface area contributed by atoms with Gasteiger partial charge in [-0.05, 0) is 64.2 Å². The second-order valence-electron chi connectivity index (χ2n) is 13.9.